The fourth-order valence-electron chi connectivity index (χ4n) is 5.76. The lowest BCUT2D eigenvalue weighted by atomic mass is 9.88. The van der Waals surface area contributed by atoms with Gasteiger partial charge in [-0.05, 0) is 85.1 Å². The molecule has 244 valence electrons. The highest BCUT2D eigenvalue weighted by Crippen LogP contribution is 2.37. The molecule has 0 spiro atoms. The Morgan fingerprint density at radius 1 is 0.830 bits per heavy atom. The lowest BCUT2D eigenvalue weighted by molar-refractivity contribution is -0.117. The molecule has 0 saturated carbocycles. The Morgan fingerprint density at radius 3 is 2.13 bits per heavy atom. The molecule has 47 heavy (non-hydrogen) atoms. The zero-order chi connectivity index (χ0) is 33.6. The summed E-state index contributed by atoms with van der Waals surface area (Å²) in [5.74, 6) is -1.45. The van der Waals surface area contributed by atoms with Crippen molar-refractivity contribution in [2.75, 3.05) is 11.1 Å². The standard InChI is InChI=1S/C37H34Cl3NO5S/c38-29-16-18-31(34(39)22-29)32-19-17-30(23-35(32)40)41-37(43)33(27-14-12-26(13-15-27)25-5-2-1-3-6-25)21-24-8-10-28(11-9-24)36(42)7-4-20-47(44,45)46/h5,8-19,22-23,33H,1-4,6-7,20-21H2,(H,41,43)(H,44,45,46). The first-order valence-electron chi connectivity index (χ1n) is 15.4. The first-order valence-corrected chi connectivity index (χ1v) is 18.1. The van der Waals surface area contributed by atoms with E-state index < -0.39 is 21.8 Å². The molecule has 1 amide bonds. The highest BCUT2D eigenvalue weighted by atomic mass is 35.5. The van der Waals surface area contributed by atoms with Gasteiger partial charge in [-0.3, -0.25) is 14.1 Å². The van der Waals surface area contributed by atoms with Crippen molar-refractivity contribution in [2.24, 2.45) is 0 Å². The number of halogens is 3. The van der Waals surface area contributed by atoms with Gasteiger partial charge in [0.05, 0.1) is 16.7 Å². The summed E-state index contributed by atoms with van der Waals surface area (Å²) in [6.45, 7) is 0. The molecule has 4 aromatic rings. The third-order valence-corrected chi connectivity index (χ3v) is 9.94. The van der Waals surface area contributed by atoms with Crippen molar-refractivity contribution >= 4 is 67.9 Å². The molecule has 10 heteroatoms. The van der Waals surface area contributed by atoms with Crippen LogP contribution in [0.15, 0.2) is 91.0 Å². The van der Waals surface area contributed by atoms with E-state index in [-0.39, 0.29) is 24.5 Å². The normalized spacial score (nSPS) is 13.9. The van der Waals surface area contributed by atoms with Gasteiger partial charge in [0.2, 0.25) is 5.91 Å². The molecule has 0 saturated heterocycles. The van der Waals surface area contributed by atoms with E-state index in [1.807, 2.05) is 12.1 Å². The maximum atomic E-state index is 13.9. The molecule has 1 aliphatic carbocycles. The predicted octanol–water partition coefficient (Wildman–Crippen LogP) is 10.1. The summed E-state index contributed by atoms with van der Waals surface area (Å²) in [5.41, 5.74) is 6.60. The molecule has 4 aromatic carbocycles. The Hall–Kier alpha value is -3.46. The number of carbonyl (C=O) groups excluding carboxylic acids is 2. The monoisotopic (exact) mass is 709 g/mol. The van der Waals surface area contributed by atoms with Crippen LogP contribution in [-0.2, 0) is 21.3 Å². The molecule has 1 aliphatic rings. The van der Waals surface area contributed by atoms with Gasteiger partial charge >= 0.3 is 0 Å². The fourth-order valence-corrected chi connectivity index (χ4v) is 7.06. The van der Waals surface area contributed by atoms with Crippen LogP contribution in [-0.4, -0.2) is 30.4 Å². The Labute approximate surface area is 290 Å². The Kier molecular flexibility index (Phi) is 11.6. The van der Waals surface area contributed by atoms with E-state index in [4.69, 9.17) is 39.4 Å². The number of benzene rings is 4. The summed E-state index contributed by atoms with van der Waals surface area (Å²) in [6, 6.07) is 25.6. The van der Waals surface area contributed by atoms with Gasteiger partial charge in [-0.25, -0.2) is 0 Å². The number of hydrogen-bond donors (Lipinski definition) is 2. The molecule has 0 fully saturated rings. The van der Waals surface area contributed by atoms with Crippen LogP contribution >= 0.6 is 34.8 Å². The molecule has 0 radical (unpaired) electrons. The molecule has 1 unspecified atom stereocenters. The molecule has 0 bridgehead atoms. The summed E-state index contributed by atoms with van der Waals surface area (Å²) in [6.07, 6.45) is 7.19. The topological polar surface area (TPSA) is 101 Å². The van der Waals surface area contributed by atoms with Crippen molar-refractivity contribution in [3.8, 4) is 11.1 Å². The van der Waals surface area contributed by atoms with E-state index in [9.17, 15) is 18.0 Å². The summed E-state index contributed by atoms with van der Waals surface area (Å²) in [7, 11) is -4.12. The van der Waals surface area contributed by atoms with Crippen molar-refractivity contribution in [2.45, 2.75) is 50.9 Å². The number of rotatable bonds is 12. The van der Waals surface area contributed by atoms with Gasteiger partial charge in [-0.15, -0.1) is 0 Å². The molecule has 6 nitrogen and oxygen atoms in total. The number of anilines is 1. The zero-order valence-corrected chi connectivity index (χ0v) is 28.6. The Balaban J connectivity index is 1.36. The van der Waals surface area contributed by atoms with Crippen molar-refractivity contribution < 1.29 is 22.6 Å². The second-order valence-corrected chi connectivity index (χ2v) is 14.5. The van der Waals surface area contributed by atoms with Crippen LogP contribution in [0.3, 0.4) is 0 Å². The van der Waals surface area contributed by atoms with E-state index in [0.717, 1.165) is 35.1 Å². The van der Waals surface area contributed by atoms with Gasteiger partial charge in [0.25, 0.3) is 10.1 Å². The van der Waals surface area contributed by atoms with Gasteiger partial charge in [0.15, 0.2) is 5.78 Å². The quantitative estimate of drug-likeness (QED) is 0.113. The van der Waals surface area contributed by atoms with Gasteiger partial charge in [-0.1, -0.05) is 102 Å². The van der Waals surface area contributed by atoms with Crippen LogP contribution in [0.1, 0.15) is 71.5 Å². The minimum atomic E-state index is -4.12. The van der Waals surface area contributed by atoms with Crippen molar-refractivity contribution in [1.29, 1.82) is 0 Å². The van der Waals surface area contributed by atoms with Crippen LogP contribution in [0.4, 0.5) is 5.69 Å². The second kappa shape index (κ2) is 15.6. The summed E-state index contributed by atoms with van der Waals surface area (Å²) in [4.78, 5) is 26.5. The van der Waals surface area contributed by atoms with Crippen LogP contribution in [0.5, 0.6) is 0 Å². The number of allylic oxidation sites excluding steroid dienone is 2. The molecule has 0 heterocycles. The number of amides is 1. The average molecular weight is 711 g/mol. The zero-order valence-electron chi connectivity index (χ0n) is 25.5. The maximum Gasteiger partial charge on any atom is 0.264 e. The van der Waals surface area contributed by atoms with Gasteiger partial charge in [0.1, 0.15) is 0 Å². The smallest absolute Gasteiger partial charge is 0.264 e. The van der Waals surface area contributed by atoms with Gasteiger partial charge in [0, 0.05) is 38.8 Å². The molecular formula is C37H34Cl3NO5S. The lowest BCUT2D eigenvalue weighted by Gasteiger charge is -2.20. The summed E-state index contributed by atoms with van der Waals surface area (Å²) in [5, 5.41) is 4.44. The third kappa shape index (κ3) is 9.55. The van der Waals surface area contributed by atoms with Crippen molar-refractivity contribution in [1.82, 2.24) is 0 Å². The van der Waals surface area contributed by atoms with Crippen LogP contribution in [0, 0.1) is 0 Å². The summed E-state index contributed by atoms with van der Waals surface area (Å²) < 4.78 is 30.9. The van der Waals surface area contributed by atoms with E-state index in [2.05, 4.69) is 23.5 Å². The number of ketones is 1. The Bertz CT molecular complexity index is 1910. The van der Waals surface area contributed by atoms with E-state index in [0.29, 0.717) is 38.3 Å². The minimum absolute atomic E-state index is 0.00146. The van der Waals surface area contributed by atoms with E-state index in [1.165, 1.54) is 18.4 Å². The first-order chi connectivity index (χ1) is 22.5. The number of nitrogens with one attached hydrogen (secondary N) is 1. The third-order valence-electron chi connectivity index (χ3n) is 8.27. The van der Waals surface area contributed by atoms with Crippen LogP contribution in [0.25, 0.3) is 16.7 Å². The number of hydrogen-bond acceptors (Lipinski definition) is 4. The van der Waals surface area contributed by atoms with E-state index in [1.54, 1.807) is 60.7 Å². The van der Waals surface area contributed by atoms with E-state index >= 15 is 0 Å². The largest absolute Gasteiger partial charge is 0.326 e. The molecule has 0 aromatic heterocycles. The summed E-state index contributed by atoms with van der Waals surface area (Å²) >= 11 is 19.1. The average Bonchev–Trinajstić information content (AvgIpc) is 3.04. The van der Waals surface area contributed by atoms with Gasteiger partial charge < -0.3 is 5.32 Å². The lowest BCUT2D eigenvalue weighted by Crippen LogP contribution is -2.23. The highest BCUT2D eigenvalue weighted by molar-refractivity contribution is 7.85. The van der Waals surface area contributed by atoms with Crippen molar-refractivity contribution in [3.63, 3.8) is 0 Å². The maximum absolute atomic E-state index is 13.9. The first kappa shape index (κ1) is 34.9. The minimum Gasteiger partial charge on any atom is -0.326 e. The second-order valence-electron chi connectivity index (χ2n) is 11.7. The van der Waals surface area contributed by atoms with Crippen LogP contribution in [0.2, 0.25) is 15.1 Å². The number of carbonyl (C=O) groups is 2. The highest BCUT2D eigenvalue weighted by Gasteiger charge is 2.23. The van der Waals surface area contributed by atoms with Crippen molar-refractivity contribution in [3.05, 3.63) is 128 Å². The molecule has 2 N–H and O–H groups in total. The predicted molar refractivity (Wildman–Crippen MR) is 191 cm³/mol. The van der Waals surface area contributed by atoms with Crippen LogP contribution < -0.4 is 5.32 Å². The molecule has 5 rings (SSSR count). The SMILES string of the molecule is O=C(CCCS(=O)(=O)O)c1ccc(CC(C(=O)Nc2ccc(-c3ccc(Cl)cc3Cl)c(Cl)c2)c2ccc(C3=CCCCC3)cc2)cc1. The Morgan fingerprint density at radius 2 is 1.51 bits per heavy atom. The number of Topliss-reactive ketones (excluding diaryl/α,β-unsaturated/α-hetero) is 1. The molecule has 0 aliphatic heterocycles. The fraction of sp³-hybridized carbons (Fsp3) is 0.243. The molecular weight excluding hydrogens is 677 g/mol. The molecule has 1 atom stereocenters. The van der Waals surface area contributed by atoms with Gasteiger partial charge in [-0.2, -0.15) is 8.42 Å².